The monoisotopic (exact) mass is 362 g/mol. The molecule has 0 aliphatic carbocycles. The second-order valence-corrected chi connectivity index (χ2v) is 6.03. The number of rotatable bonds is 2. The highest BCUT2D eigenvalue weighted by molar-refractivity contribution is 6.01. The summed E-state index contributed by atoms with van der Waals surface area (Å²) >= 11 is 0. The minimum absolute atomic E-state index is 0.0237. The van der Waals surface area contributed by atoms with Gasteiger partial charge in [-0.05, 0) is 36.1 Å². The van der Waals surface area contributed by atoms with Gasteiger partial charge in [-0.1, -0.05) is 24.3 Å². The molecule has 3 rings (SSSR count). The van der Waals surface area contributed by atoms with Crippen LogP contribution in [0.5, 0.6) is 0 Å². The third kappa shape index (κ3) is 3.40. The van der Waals surface area contributed by atoms with Crippen LogP contribution in [0.4, 0.5) is 23.2 Å². The second kappa shape index (κ2) is 6.79. The van der Waals surface area contributed by atoms with Crippen LogP contribution in [0.2, 0.25) is 0 Å². The Labute approximate surface area is 147 Å². The fraction of sp³-hybridized carbons (Fsp3) is 0.263. The molecule has 1 saturated heterocycles. The lowest BCUT2D eigenvalue weighted by molar-refractivity contribution is -0.136. The highest BCUT2D eigenvalue weighted by Crippen LogP contribution is 2.39. The molecule has 0 saturated carbocycles. The second-order valence-electron chi connectivity index (χ2n) is 6.03. The van der Waals surface area contributed by atoms with Gasteiger partial charge < -0.3 is 4.90 Å². The van der Waals surface area contributed by atoms with Crippen LogP contribution in [0.3, 0.4) is 0 Å². The van der Waals surface area contributed by atoms with Crippen molar-refractivity contribution in [2.75, 3.05) is 13.1 Å². The molecule has 0 spiro atoms. The van der Waals surface area contributed by atoms with Crippen LogP contribution in [0.15, 0.2) is 36.4 Å². The molecule has 134 valence electrons. The Morgan fingerprint density at radius 1 is 1.08 bits per heavy atom. The van der Waals surface area contributed by atoms with E-state index in [0.29, 0.717) is 13.1 Å². The van der Waals surface area contributed by atoms with E-state index in [1.54, 1.807) is 4.90 Å². The van der Waals surface area contributed by atoms with Crippen molar-refractivity contribution >= 4 is 11.6 Å². The van der Waals surface area contributed by atoms with Crippen molar-refractivity contribution in [3.8, 4) is 11.1 Å². The normalized spacial score (nSPS) is 14.3. The smallest absolute Gasteiger partial charge is 0.339 e. The average Bonchev–Trinajstić information content (AvgIpc) is 3.14. The predicted octanol–water partition coefficient (Wildman–Crippen LogP) is 5.30. The summed E-state index contributed by atoms with van der Waals surface area (Å²) in [6, 6.07) is 6.69. The summed E-state index contributed by atoms with van der Waals surface area (Å²) in [6.07, 6.45) is -3.02. The van der Waals surface area contributed by atoms with Gasteiger partial charge in [-0.25, -0.2) is 9.24 Å². The summed E-state index contributed by atoms with van der Waals surface area (Å²) in [4.78, 5) is 17.2. The molecule has 2 aromatic rings. The SMILES string of the molecule is [C-]#[N+]c1ccc(-c2ccc(F)cc2C(=O)N2CCCC2)cc1C(F)(F)F. The summed E-state index contributed by atoms with van der Waals surface area (Å²) in [5.41, 5.74) is -1.24. The van der Waals surface area contributed by atoms with Gasteiger partial charge in [0.1, 0.15) is 5.82 Å². The van der Waals surface area contributed by atoms with Gasteiger partial charge in [0.05, 0.1) is 17.7 Å². The van der Waals surface area contributed by atoms with Crippen LogP contribution in [0, 0.1) is 12.4 Å². The first kappa shape index (κ1) is 17.9. The topological polar surface area (TPSA) is 24.7 Å². The van der Waals surface area contributed by atoms with E-state index in [1.807, 2.05) is 0 Å². The van der Waals surface area contributed by atoms with Gasteiger partial charge in [0.2, 0.25) is 0 Å². The number of halogens is 4. The van der Waals surface area contributed by atoms with Crippen molar-refractivity contribution in [1.82, 2.24) is 4.90 Å². The lowest BCUT2D eigenvalue weighted by Crippen LogP contribution is -2.28. The quantitative estimate of drug-likeness (QED) is 0.526. The molecule has 1 aliphatic rings. The lowest BCUT2D eigenvalue weighted by Gasteiger charge is -2.18. The zero-order valence-corrected chi connectivity index (χ0v) is 13.6. The Balaban J connectivity index is 2.13. The standard InChI is InChI=1S/C19H14F4N2O/c1-24-17-7-4-12(10-16(17)19(21,22)23)14-6-5-13(20)11-15(14)18(26)25-8-2-3-9-25/h4-7,10-11H,2-3,8-9H2. The first-order valence-electron chi connectivity index (χ1n) is 7.99. The number of carbonyl (C=O) groups excluding carboxylic acids is 1. The molecule has 0 aromatic heterocycles. The largest absolute Gasteiger partial charge is 0.407 e. The minimum atomic E-state index is -4.70. The van der Waals surface area contributed by atoms with Gasteiger partial charge in [0.25, 0.3) is 5.91 Å². The lowest BCUT2D eigenvalue weighted by atomic mass is 9.96. The van der Waals surface area contributed by atoms with Crippen molar-refractivity contribution in [1.29, 1.82) is 0 Å². The first-order valence-corrected chi connectivity index (χ1v) is 7.99. The van der Waals surface area contributed by atoms with Gasteiger partial charge >= 0.3 is 6.18 Å². The number of alkyl halides is 3. The number of carbonyl (C=O) groups is 1. The van der Waals surface area contributed by atoms with E-state index in [9.17, 15) is 22.4 Å². The molecule has 26 heavy (non-hydrogen) atoms. The zero-order valence-electron chi connectivity index (χ0n) is 13.6. The van der Waals surface area contributed by atoms with Crippen molar-refractivity contribution in [3.63, 3.8) is 0 Å². The van der Waals surface area contributed by atoms with Crippen LogP contribution >= 0.6 is 0 Å². The molecule has 0 radical (unpaired) electrons. The fourth-order valence-corrected chi connectivity index (χ4v) is 3.06. The van der Waals surface area contributed by atoms with E-state index in [0.717, 1.165) is 37.1 Å². The minimum Gasteiger partial charge on any atom is -0.339 e. The Kier molecular flexibility index (Phi) is 4.68. The summed E-state index contributed by atoms with van der Waals surface area (Å²) in [5, 5.41) is 0. The van der Waals surface area contributed by atoms with Crippen LogP contribution in [0.25, 0.3) is 16.0 Å². The molecule has 0 N–H and O–H groups in total. The maximum absolute atomic E-state index is 13.7. The van der Waals surface area contributed by atoms with Crippen LogP contribution < -0.4 is 0 Å². The molecule has 0 bridgehead atoms. The summed E-state index contributed by atoms with van der Waals surface area (Å²) in [5.74, 6) is -1.04. The van der Waals surface area contributed by atoms with Crippen molar-refractivity contribution in [3.05, 3.63) is 64.8 Å². The highest BCUT2D eigenvalue weighted by Gasteiger charge is 2.34. The third-order valence-corrected chi connectivity index (χ3v) is 4.34. The number of benzene rings is 2. The van der Waals surface area contributed by atoms with Gasteiger partial charge in [-0.3, -0.25) is 4.79 Å². The van der Waals surface area contributed by atoms with E-state index in [-0.39, 0.29) is 16.7 Å². The maximum atomic E-state index is 13.7. The van der Waals surface area contributed by atoms with Gasteiger partial charge in [0.15, 0.2) is 5.69 Å². The van der Waals surface area contributed by atoms with Crippen LogP contribution in [-0.2, 0) is 6.18 Å². The van der Waals surface area contributed by atoms with E-state index < -0.39 is 29.2 Å². The van der Waals surface area contributed by atoms with E-state index in [4.69, 9.17) is 6.57 Å². The number of amides is 1. The highest BCUT2D eigenvalue weighted by atomic mass is 19.4. The van der Waals surface area contributed by atoms with Crippen LogP contribution in [-0.4, -0.2) is 23.9 Å². The van der Waals surface area contributed by atoms with E-state index in [2.05, 4.69) is 4.85 Å². The van der Waals surface area contributed by atoms with Crippen molar-refractivity contribution < 1.29 is 22.4 Å². The molecular weight excluding hydrogens is 348 g/mol. The Hall–Kier alpha value is -2.88. The Bertz CT molecular complexity index is 893. The molecule has 0 atom stereocenters. The summed E-state index contributed by atoms with van der Waals surface area (Å²) in [7, 11) is 0. The number of likely N-dealkylation sites (tertiary alicyclic amines) is 1. The molecule has 1 amide bonds. The number of hydrogen-bond donors (Lipinski definition) is 0. The van der Waals surface area contributed by atoms with Crippen molar-refractivity contribution in [2.45, 2.75) is 19.0 Å². The fourth-order valence-electron chi connectivity index (χ4n) is 3.06. The molecule has 1 aliphatic heterocycles. The molecule has 1 heterocycles. The summed E-state index contributed by atoms with van der Waals surface area (Å²) < 4.78 is 53.4. The van der Waals surface area contributed by atoms with Crippen LogP contribution in [0.1, 0.15) is 28.8 Å². The Morgan fingerprint density at radius 3 is 2.38 bits per heavy atom. The van der Waals surface area contributed by atoms with Gasteiger partial charge in [-0.2, -0.15) is 13.2 Å². The number of nitrogens with zero attached hydrogens (tertiary/aromatic N) is 2. The third-order valence-electron chi connectivity index (χ3n) is 4.34. The first-order chi connectivity index (χ1) is 12.3. The molecule has 7 heteroatoms. The maximum Gasteiger partial charge on any atom is 0.407 e. The molecule has 0 unspecified atom stereocenters. The van der Waals surface area contributed by atoms with E-state index in [1.165, 1.54) is 12.1 Å². The molecule has 2 aromatic carbocycles. The van der Waals surface area contributed by atoms with E-state index >= 15 is 0 Å². The molecule has 3 nitrogen and oxygen atoms in total. The average molecular weight is 362 g/mol. The summed E-state index contributed by atoms with van der Waals surface area (Å²) in [6.45, 7) is 7.99. The van der Waals surface area contributed by atoms with Crippen molar-refractivity contribution in [2.24, 2.45) is 0 Å². The Morgan fingerprint density at radius 2 is 1.77 bits per heavy atom. The predicted molar refractivity (Wildman–Crippen MR) is 88.2 cm³/mol. The number of hydrogen-bond acceptors (Lipinski definition) is 1. The molecule has 1 fully saturated rings. The van der Waals surface area contributed by atoms with Gasteiger partial charge in [-0.15, -0.1) is 0 Å². The van der Waals surface area contributed by atoms with Gasteiger partial charge in [0, 0.05) is 13.1 Å². The molecular formula is C19H14F4N2O. The zero-order chi connectivity index (χ0) is 18.9.